The molecule has 0 saturated carbocycles. The van der Waals surface area contributed by atoms with E-state index >= 15 is 0 Å². The van der Waals surface area contributed by atoms with Gasteiger partial charge >= 0.3 is 0 Å². The minimum Gasteiger partial charge on any atom is -0.383 e. The van der Waals surface area contributed by atoms with Gasteiger partial charge < -0.3 is 14.6 Å². The van der Waals surface area contributed by atoms with Crippen LogP contribution in [0.25, 0.3) is 11.5 Å². The first-order valence-electron chi connectivity index (χ1n) is 8.10. The van der Waals surface area contributed by atoms with Crippen molar-refractivity contribution in [3.63, 3.8) is 0 Å². The van der Waals surface area contributed by atoms with Crippen LogP contribution in [0.4, 0.5) is 0 Å². The molecule has 1 aromatic carbocycles. The van der Waals surface area contributed by atoms with E-state index in [1.807, 2.05) is 45.9 Å². The fraction of sp³-hybridized carbons (Fsp3) is 0.500. The van der Waals surface area contributed by atoms with Crippen molar-refractivity contribution in [2.45, 2.75) is 45.6 Å². The zero-order valence-corrected chi connectivity index (χ0v) is 14.9. The first-order chi connectivity index (χ1) is 11.4. The zero-order valence-electron chi connectivity index (χ0n) is 14.9. The number of nitrogens with one attached hydrogen (secondary N) is 1. The predicted octanol–water partition coefficient (Wildman–Crippen LogP) is 3.19. The molecule has 0 spiro atoms. The molecular weight excluding hydrogens is 306 g/mol. The topological polar surface area (TPSA) is 77.2 Å². The zero-order chi connectivity index (χ0) is 17.7. The van der Waals surface area contributed by atoms with Gasteiger partial charge in [-0.05, 0) is 18.6 Å². The Labute approximate surface area is 142 Å². The van der Waals surface area contributed by atoms with Gasteiger partial charge in [0, 0.05) is 12.5 Å². The maximum Gasteiger partial charge on any atom is 0.258 e. The van der Waals surface area contributed by atoms with E-state index in [0.29, 0.717) is 29.4 Å². The van der Waals surface area contributed by atoms with Crippen LogP contribution in [-0.2, 0) is 10.2 Å². The second kappa shape index (κ2) is 7.57. The summed E-state index contributed by atoms with van der Waals surface area (Å²) in [5.41, 5.74) is 0.923. The van der Waals surface area contributed by atoms with E-state index in [0.717, 1.165) is 6.42 Å². The number of rotatable bonds is 6. The van der Waals surface area contributed by atoms with Crippen LogP contribution in [0.1, 0.15) is 50.3 Å². The Kier molecular flexibility index (Phi) is 5.72. The molecule has 6 nitrogen and oxygen atoms in total. The van der Waals surface area contributed by atoms with E-state index in [1.54, 1.807) is 13.2 Å². The van der Waals surface area contributed by atoms with E-state index in [4.69, 9.17) is 9.26 Å². The van der Waals surface area contributed by atoms with Gasteiger partial charge in [-0.1, -0.05) is 45.0 Å². The lowest BCUT2D eigenvalue weighted by atomic mass is 9.96. The molecule has 1 atom stereocenters. The minimum absolute atomic E-state index is 0.0385. The van der Waals surface area contributed by atoms with Crippen LogP contribution in [0.3, 0.4) is 0 Å². The molecule has 1 heterocycles. The van der Waals surface area contributed by atoms with Gasteiger partial charge in [0.1, 0.15) is 0 Å². The van der Waals surface area contributed by atoms with E-state index in [-0.39, 0.29) is 17.4 Å². The molecule has 24 heavy (non-hydrogen) atoms. The smallest absolute Gasteiger partial charge is 0.258 e. The number of hydrogen-bond acceptors (Lipinski definition) is 5. The van der Waals surface area contributed by atoms with E-state index in [1.165, 1.54) is 0 Å². The average molecular weight is 331 g/mol. The maximum absolute atomic E-state index is 12.6. The Morgan fingerprint density at radius 3 is 2.62 bits per heavy atom. The summed E-state index contributed by atoms with van der Waals surface area (Å²) in [6.45, 7) is 8.51. The van der Waals surface area contributed by atoms with Crippen LogP contribution in [0.5, 0.6) is 0 Å². The fourth-order valence-electron chi connectivity index (χ4n) is 2.23. The van der Waals surface area contributed by atoms with Crippen molar-refractivity contribution in [3.8, 4) is 11.5 Å². The molecule has 0 bridgehead atoms. The first-order valence-corrected chi connectivity index (χ1v) is 8.10. The normalized spacial score (nSPS) is 12.9. The van der Waals surface area contributed by atoms with Crippen molar-refractivity contribution in [1.29, 1.82) is 0 Å². The highest BCUT2D eigenvalue weighted by atomic mass is 16.5. The number of aromatic nitrogens is 2. The van der Waals surface area contributed by atoms with E-state index in [9.17, 15) is 4.79 Å². The first kappa shape index (κ1) is 18.1. The van der Waals surface area contributed by atoms with Crippen molar-refractivity contribution in [2.75, 3.05) is 13.7 Å². The molecule has 130 valence electrons. The van der Waals surface area contributed by atoms with Crippen LogP contribution < -0.4 is 5.32 Å². The van der Waals surface area contributed by atoms with Crippen LogP contribution in [-0.4, -0.2) is 35.8 Å². The lowest BCUT2D eigenvalue weighted by Gasteiger charge is -2.16. The van der Waals surface area contributed by atoms with E-state index in [2.05, 4.69) is 15.5 Å². The number of amides is 1. The summed E-state index contributed by atoms with van der Waals surface area (Å²) in [5.74, 6) is 0.786. The summed E-state index contributed by atoms with van der Waals surface area (Å²) in [4.78, 5) is 17.1. The number of hydrogen-bond donors (Lipinski definition) is 1. The van der Waals surface area contributed by atoms with Crippen molar-refractivity contribution >= 4 is 5.91 Å². The Bertz CT molecular complexity index is 689. The highest BCUT2D eigenvalue weighted by Gasteiger charge is 2.24. The summed E-state index contributed by atoms with van der Waals surface area (Å²) in [7, 11) is 1.62. The Balaban J connectivity index is 2.30. The van der Waals surface area contributed by atoms with Gasteiger partial charge in [-0.3, -0.25) is 4.79 Å². The number of nitrogens with zero attached hydrogens (tertiary/aromatic N) is 2. The van der Waals surface area contributed by atoms with E-state index < -0.39 is 0 Å². The second-order valence-corrected chi connectivity index (χ2v) is 6.75. The Hall–Kier alpha value is -2.21. The fourth-order valence-corrected chi connectivity index (χ4v) is 2.23. The minimum atomic E-state index is -0.218. The molecule has 1 N–H and O–H groups in total. The van der Waals surface area contributed by atoms with Crippen molar-refractivity contribution in [1.82, 2.24) is 15.5 Å². The third kappa shape index (κ3) is 4.20. The number of carbonyl (C=O) groups excluding carboxylic acids is 1. The molecule has 2 rings (SSSR count). The molecule has 1 aromatic heterocycles. The molecule has 0 saturated heterocycles. The number of methoxy groups -OCH3 is 1. The van der Waals surface area contributed by atoms with Crippen LogP contribution in [0, 0.1) is 0 Å². The summed E-state index contributed by atoms with van der Waals surface area (Å²) in [5, 5.41) is 7.01. The van der Waals surface area contributed by atoms with Crippen LogP contribution >= 0.6 is 0 Å². The third-order valence-corrected chi connectivity index (χ3v) is 3.69. The Morgan fingerprint density at radius 2 is 2.04 bits per heavy atom. The summed E-state index contributed by atoms with van der Waals surface area (Å²) in [6.07, 6.45) is 0.788. The lowest BCUT2D eigenvalue weighted by Crippen LogP contribution is -2.37. The monoisotopic (exact) mass is 331 g/mol. The predicted molar refractivity (Wildman–Crippen MR) is 91.9 cm³/mol. The van der Waals surface area contributed by atoms with Crippen molar-refractivity contribution in [3.05, 3.63) is 35.7 Å². The molecule has 2 aromatic rings. The van der Waals surface area contributed by atoms with Gasteiger partial charge in [0.05, 0.1) is 23.8 Å². The van der Waals surface area contributed by atoms with Gasteiger partial charge in [0.2, 0.25) is 0 Å². The third-order valence-electron chi connectivity index (χ3n) is 3.69. The molecule has 0 aliphatic heterocycles. The summed E-state index contributed by atoms with van der Waals surface area (Å²) in [6, 6.07) is 7.19. The maximum atomic E-state index is 12.6. The quantitative estimate of drug-likeness (QED) is 0.879. The summed E-state index contributed by atoms with van der Waals surface area (Å²) < 4.78 is 10.5. The molecule has 0 aliphatic carbocycles. The highest BCUT2D eigenvalue weighted by molar-refractivity contribution is 6.00. The molecule has 0 radical (unpaired) electrons. The molecule has 1 amide bonds. The molecule has 0 unspecified atom stereocenters. The van der Waals surface area contributed by atoms with Crippen molar-refractivity contribution in [2.24, 2.45) is 0 Å². The van der Waals surface area contributed by atoms with Gasteiger partial charge in [-0.15, -0.1) is 0 Å². The largest absolute Gasteiger partial charge is 0.383 e. The summed E-state index contributed by atoms with van der Waals surface area (Å²) >= 11 is 0. The molecular formula is C18H25N3O3. The van der Waals surface area contributed by atoms with Gasteiger partial charge in [-0.2, -0.15) is 4.98 Å². The highest BCUT2D eigenvalue weighted by Crippen LogP contribution is 2.26. The van der Waals surface area contributed by atoms with Gasteiger partial charge in [0.25, 0.3) is 11.8 Å². The van der Waals surface area contributed by atoms with Crippen LogP contribution in [0.15, 0.2) is 28.8 Å². The van der Waals surface area contributed by atoms with Gasteiger partial charge in [-0.25, -0.2) is 0 Å². The Morgan fingerprint density at radius 1 is 1.33 bits per heavy atom. The van der Waals surface area contributed by atoms with Gasteiger partial charge in [0.15, 0.2) is 5.82 Å². The van der Waals surface area contributed by atoms with Crippen molar-refractivity contribution < 1.29 is 14.1 Å². The van der Waals surface area contributed by atoms with Crippen LogP contribution in [0.2, 0.25) is 0 Å². The molecule has 6 heteroatoms. The average Bonchev–Trinajstić information content (AvgIpc) is 3.04. The standard InChI is InChI=1S/C18H25N3O3/c1-6-12(11-23-5)19-15(22)13-9-7-8-10-14(13)16-20-17(21-24-16)18(2,3)4/h7-10,12H,6,11H2,1-5H3,(H,19,22)/t12-/m1/s1. The number of ether oxygens (including phenoxy) is 1. The lowest BCUT2D eigenvalue weighted by molar-refractivity contribution is 0.0895. The SMILES string of the molecule is CC[C@H](COC)NC(=O)c1ccccc1-c1nc(C(C)(C)C)no1. The molecule has 0 fully saturated rings. The number of benzene rings is 1. The second-order valence-electron chi connectivity index (χ2n) is 6.75. The molecule has 0 aliphatic rings. The number of carbonyl (C=O) groups is 1.